The predicted octanol–water partition coefficient (Wildman–Crippen LogP) is 5.89. The number of aromatic amines is 1. The van der Waals surface area contributed by atoms with E-state index in [1.54, 1.807) is 19.2 Å². The summed E-state index contributed by atoms with van der Waals surface area (Å²) in [6.45, 7) is 3.96. The highest BCUT2D eigenvalue weighted by molar-refractivity contribution is 5.83. The van der Waals surface area contributed by atoms with Crippen molar-refractivity contribution < 1.29 is 14.6 Å². The molecule has 1 aromatic heterocycles. The van der Waals surface area contributed by atoms with Crippen LogP contribution in [0, 0.1) is 0 Å². The summed E-state index contributed by atoms with van der Waals surface area (Å²) in [5.74, 6) is 1.84. The van der Waals surface area contributed by atoms with Gasteiger partial charge in [0.15, 0.2) is 11.5 Å². The molecule has 6 heteroatoms. The number of nitrogens with zero attached hydrogens (tertiary/aromatic N) is 2. The first-order valence-corrected chi connectivity index (χ1v) is 12.7. The molecule has 6 rings (SSSR count). The maximum atomic E-state index is 9.55. The Morgan fingerprint density at radius 3 is 2.31 bits per heavy atom. The Balaban J connectivity index is 1.21. The number of methoxy groups -OCH3 is 1. The molecule has 2 aliphatic rings. The van der Waals surface area contributed by atoms with E-state index in [0.29, 0.717) is 6.61 Å². The van der Waals surface area contributed by atoms with Gasteiger partial charge in [0.05, 0.1) is 18.5 Å². The van der Waals surface area contributed by atoms with Gasteiger partial charge in [-0.25, -0.2) is 0 Å². The first kappa shape index (κ1) is 22.7. The van der Waals surface area contributed by atoms with Crippen molar-refractivity contribution in [2.75, 3.05) is 33.4 Å². The third-order valence-electron chi connectivity index (χ3n) is 7.37. The van der Waals surface area contributed by atoms with Crippen LogP contribution in [0.25, 0.3) is 33.6 Å². The Labute approximate surface area is 211 Å². The Kier molecular flexibility index (Phi) is 6.11. The number of nitrogens with one attached hydrogen (secondary N) is 1. The molecular formula is C30H31N3O3. The highest BCUT2D eigenvalue weighted by Gasteiger charge is 2.27. The van der Waals surface area contributed by atoms with Crippen molar-refractivity contribution in [3.05, 3.63) is 71.8 Å². The molecule has 0 spiro atoms. The number of fused-ring (bicyclic) bond motifs is 3. The number of phenolic OH excluding ortho intramolecular Hbond substituents is 1. The molecule has 0 bridgehead atoms. The summed E-state index contributed by atoms with van der Waals surface area (Å²) in [6.07, 6.45) is 4.73. The van der Waals surface area contributed by atoms with E-state index in [4.69, 9.17) is 9.47 Å². The third-order valence-corrected chi connectivity index (χ3v) is 7.37. The predicted molar refractivity (Wildman–Crippen MR) is 142 cm³/mol. The fourth-order valence-corrected chi connectivity index (χ4v) is 5.38. The van der Waals surface area contributed by atoms with Gasteiger partial charge in [0.2, 0.25) is 0 Å². The zero-order valence-corrected chi connectivity index (χ0v) is 20.6. The molecule has 0 saturated carbocycles. The van der Waals surface area contributed by atoms with Crippen molar-refractivity contribution in [2.24, 2.45) is 0 Å². The number of benzene rings is 3. The number of aromatic hydroxyl groups is 1. The molecule has 0 atom stereocenters. The van der Waals surface area contributed by atoms with Crippen LogP contribution in [0.1, 0.15) is 30.4 Å². The van der Waals surface area contributed by atoms with E-state index in [9.17, 15) is 5.11 Å². The number of hydrogen-bond donors (Lipinski definition) is 2. The molecule has 0 amide bonds. The van der Waals surface area contributed by atoms with Gasteiger partial charge >= 0.3 is 0 Å². The number of H-pyrrole nitrogens is 1. The maximum Gasteiger partial charge on any atom is 0.161 e. The van der Waals surface area contributed by atoms with Crippen LogP contribution in [0.3, 0.4) is 0 Å². The average molecular weight is 482 g/mol. The van der Waals surface area contributed by atoms with Gasteiger partial charge in [-0.3, -0.25) is 10.00 Å². The minimum Gasteiger partial charge on any atom is -0.508 e. The lowest BCUT2D eigenvalue weighted by Crippen LogP contribution is -2.33. The summed E-state index contributed by atoms with van der Waals surface area (Å²) in [5.41, 5.74) is 8.84. The second-order valence-electron chi connectivity index (χ2n) is 9.64. The molecule has 2 heterocycles. The minimum atomic E-state index is 0.272. The first-order valence-electron chi connectivity index (χ1n) is 12.7. The van der Waals surface area contributed by atoms with Gasteiger partial charge in [-0.1, -0.05) is 42.8 Å². The van der Waals surface area contributed by atoms with Gasteiger partial charge in [0.1, 0.15) is 12.4 Å². The normalized spacial score (nSPS) is 14.9. The van der Waals surface area contributed by atoms with Crippen molar-refractivity contribution in [1.29, 1.82) is 0 Å². The highest BCUT2D eigenvalue weighted by Crippen LogP contribution is 2.45. The number of hydrogen-bond acceptors (Lipinski definition) is 5. The van der Waals surface area contributed by atoms with Crippen LogP contribution in [0.2, 0.25) is 0 Å². The van der Waals surface area contributed by atoms with Gasteiger partial charge in [0, 0.05) is 29.7 Å². The van der Waals surface area contributed by atoms with Gasteiger partial charge < -0.3 is 14.6 Å². The van der Waals surface area contributed by atoms with E-state index in [-0.39, 0.29) is 5.75 Å². The second kappa shape index (κ2) is 9.70. The number of aromatic nitrogens is 2. The monoisotopic (exact) mass is 481 g/mol. The number of likely N-dealkylation sites (tertiary alicyclic amines) is 1. The fraction of sp³-hybridized carbons (Fsp3) is 0.300. The molecule has 0 radical (unpaired) electrons. The zero-order chi connectivity index (χ0) is 24.5. The van der Waals surface area contributed by atoms with Crippen LogP contribution in [0.15, 0.2) is 60.7 Å². The molecule has 1 saturated heterocycles. The lowest BCUT2D eigenvalue weighted by molar-refractivity contribution is 0.180. The van der Waals surface area contributed by atoms with Gasteiger partial charge in [-0.05, 0) is 66.9 Å². The van der Waals surface area contributed by atoms with Gasteiger partial charge in [-0.2, -0.15) is 5.10 Å². The molecule has 4 aromatic rings. The fourth-order valence-electron chi connectivity index (χ4n) is 5.38. The minimum absolute atomic E-state index is 0.272. The molecule has 1 aliphatic heterocycles. The largest absolute Gasteiger partial charge is 0.508 e. The average Bonchev–Trinajstić information content (AvgIpc) is 3.48. The quantitative estimate of drug-likeness (QED) is 0.303. The molecule has 1 fully saturated rings. The van der Waals surface area contributed by atoms with E-state index < -0.39 is 0 Å². The van der Waals surface area contributed by atoms with E-state index in [1.165, 1.54) is 43.5 Å². The van der Waals surface area contributed by atoms with Crippen LogP contribution in [0.5, 0.6) is 17.2 Å². The number of phenols is 1. The summed E-state index contributed by atoms with van der Waals surface area (Å²) < 4.78 is 11.9. The summed E-state index contributed by atoms with van der Waals surface area (Å²) in [6, 6.07) is 19.9. The van der Waals surface area contributed by atoms with Crippen LogP contribution in [-0.4, -0.2) is 53.6 Å². The van der Waals surface area contributed by atoms with Gasteiger partial charge in [0.25, 0.3) is 0 Å². The van der Waals surface area contributed by atoms with Crippen molar-refractivity contribution in [2.45, 2.75) is 25.7 Å². The van der Waals surface area contributed by atoms with E-state index >= 15 is 0 Å². The molecule has 6 nitrogen and oxygen atoms in total. The molecule has 184 valence electrons. The van der Waals surface area contributed by atoms with Crippen molar-refractivity contribution in [1.82, 2.24) is 15.1 Å². The number of ether oxygens (including phenoxy) is 2. The molecule has 2 N–H and O–H groups in total. The Hall–Kier alpha value is -3.77. The maximum absolute atomic E-state index is 9.55. The highest BCUT2D eigenvalue weighted by atomic mass is 16.5. The Bertz CT molecular complexity index is 1350. The summed E-state index contributed by atoms with van der Waals surface area (Å²) in [7, 11) is 1.70. The standard InChI is InChI=1S/C30H31N3O3/c1-35-27-19-25-23(18-28(27)36-16-15-33-13-3-2-4-14-33)17-26-29(31-32-30(25)26)22-7-5-20(6-8-22)21-9-11-24(34)12-10-21/h5-12,18-19,34H,2-4,13-17H2,1H3,(H,31,32). The van der Waals surface area contributed by atoms with E-state index in [1.807, 2.05) is 12.1 Å². The molecule has 3 aromatic carbocycles. The lowest BCUT2D eigenvalue weighted by Gasteiger charge is -2.26. The van der Waals surface area contributed by atoms with Crippen LogP contribution in [0.4, 0.5) is 0 Å². The number of rotatable bonds is 7. The molecule has 36 heavy (non-hydrogen) atoms. The third kappa shape index (κ3) is 4.33. The molecule has 0 unspecified atom stereocenters. The lowest BCUT2D eigenvalue weighted by atomic mass is 10.0. The first-order chi connectivity index (χ1) is 17.7. The Morgan fingerprint density at radius 1 is 0.889 bits per heavy atom. The Morgan fingerprint density at radius 2 is 1.58 bits per heavy atom. The van der Waals surface area contributed by atoms with E-state index in [0.717, 1.165) is 58.1 Å². The molecule has 1 aliphatic carbocycles. The summed E-state index contributed by atoms with van der Waals surface area (Å²) in [5, 5.41) is 17.5. The summed E-state index contributed by atoms with van der Waals surface area (Å²) in [4.78, 5) is 2.49. The molecular weight excluding hydrogens is 450 g/mol. The summed E-state index contributed by atoms with van der Waals surface area (Å²) >= 11 is 0. The van der Waals surface area contributed by atoms with Crippen molar-refractivity contribution in [3.63, 3.8) is 0 Å². The SMILES string of the molecule is COc1cc2c(cc1OCCN1CCCCC1)Cc1c(-c3ccc(-c4ccc(O)cc4)cc3)n[nH]c1-2. The van der Waals surface area contributed by atoms with Gasteiger partial charge in [-0.15, -0.1) is 0 Å². The van der Waals surface area contributed by atoms with E-state index in [2.05, 4.69) is 51.5 Å². The van der Waals surface area contributed by atoms with Crippen LogP contribution >= 0.6 is 0 Å². The van der Waals surface area contributed by atoms with Crippen molar-refractivity contribution in [3.8, 4) is 50.9 Å². The smallest absolute Gasteiger partial charge is 0.161 e. The number of piperidine rings is 1. The van der Waals surface area contributed by atoms with Crippen LogP contribution in [-0.2, 0) is 6.42 Å². The second-order valence-corrected chi connectivity index (χ2v) is 9.64. The topological polar surface area (TPSA) is 70.6 Å². The zero-order valence-electron chi connectivity index (χ0n) is 20.6. The van der Waals surface area contributed by atoms with Crippen LogP contribution < -0.4 is 9.47 Å². The van der Waals surface area contributed by atoms with Crippen molar-refractivity contribution >= 4 is 0 Å².